The molecule has 11 heteroatoms. The van der Waals surface area contributed by atoms with Gasteiger partial charge >= 0.3 is 12.1 Å². The average molecular weight is 460 g/mol. The molecule has 0 bridgehead atoms. The molecule has 0 unspecified atom stereocenters. The molecule has 0 aromatic carbocycles. The topological polar surface area (TPSA) is 107 Å². The van der Waals surface area contributed by atoms with Gasteiger partial charge in [0.25, 0.3) is 5.91 Å². The second kappa shape index (κ2) is 10.6. The van der Waals surface area contributed by atoms with E-state index in [1.807, 2.05) is 0 Å². The number of rotatable bonds is 6. The first-order valence-corrected chi connectivity index (χ1v) is 10.3. The molecule has 1 aromatic heterocycles. The lowest BCUT2D eigenvalue weighted by molar-refractivity contribution is -0.151. The van der Waals surface area contributed by atoms with E-state index in [0.29, 0.717) is 12.8 Å². The summed E-state index contributed by atoms with van der Waals surface area (Å²) in [5.41, 5.74) is -0.748. The maximum Gasteiger partial charge on any atom is 0.411 e. The number of nitrogens with one attached hydrogen (secondary N) is 1. The summed E-state index contributed by atoms with van der Waals surface area (Å²) in [6.07, 6.45) is 1.29. The zero-order valence-corrected chi connectivity index (χ0v) is 18.7. The van der Waals surface area contributed by atoms with Gasteiger partial charge in [0.1, 0.15) is 17.4 Å². The van der Waals surface area contributed by atoms with Crippen LogP contribution in [0.25, 0.3) is 0 Å². The molecule has 2 atom stereocenters. The lowest BCUT2D eigenvalue weighted by Crippen LogP contribution is -2.57. The molecule has 0 spiro atoms. The van der Waals surface area contributed by atoms with Crippen LogP contribution in [0.4, 0.5) is 9.18 Å². The predicted octanol–water partition coefficient (Wildman–Crippen LogP) is 2.70. The van der Waals surface area contributed by atoms with Crippen LogP contribution in [-0.2, 0) is 19.1 Å². The van der Waals surface area contributed by atoms with Gasteiger partial charge in [-0.2, -0.15) is 0 Å². The number of aromatic nitrogens is 1. The van der Waals surface area contributed by atoms with Crippen molar-refractivity contribution >= 4 is 29.6 Å². The zero-order valence-electron chi connectivity index (χ0n) is 17.9. The molecule has 9 nitrogen and oxygen atoms in total. The number of carbonyl (C=O) groups is 3. The van der Waals surface area contributed by atoms with Crippen molar-refractivity contribution < 1.29 is 33.0 Å². The number of halogens is 2. The molecule has 31 heavy (non-hydrogen) atoms. The molecule has 2 amide bonds. The molecule has 172 valence electrons. The van der Waals surface area contributed by atoms with Crippen molar-refractivity contribution in [3.63, 3.8) is 0 Å². The standard InChI is InChI=1S/C20H27ClFN3O6/c1-5-29-18(27)15-7-6-12(10-25(15)19(28)31-20(2,3)4)24-16(26)11-30-13-8-14(22)17(21)23-9-13/h8-9,12,15H,5-7,10-11H2,1-4H3,(H,24,26)/t12-,15+/m0/s1. The third kappa shape index (κ3) is 7.54. The number of nitrogens with zero attached hydrogens (tertiary/aromatic N) is 2. The van der Waals surface area contributed by atoms with E-state index in [1.165, 1.54) is 11.1 Å². The fourth-order valence-corrected chi connectivity index (χ4v) is 3.10. The number of carbonyl (C=O) groups excluding carboxylic acids is 3. The Morgan fingerprint density at radius 1 is 1.32 bits per heavy atom. The van der Waals surface area contributed by atoms with Crippen LogP contribution >= 0.6 is 11.6 Å². The maximum absolute atomic E-state index is 13.4. The van der Waals surface area contributed by atoms with Gasteiger partial charge in [-0.3, -0.25) is 9.69 Å². The summed E-state index contributed by atoms with van der Waals surface area (Å²) in [4.78, 5) is 42.1. The van der Waals surface area contributed by atoms with Gasteiger partial charge in [0.2, 0.25) is 0 Å². The highest BCUT2D eigenvalue weighted by atomic mass is 35.5. The van der Waals surface area contributed by atoms with E-state index in [-0.39, 0.29) is 30.7 Å². The molecule has 1 fully saturated rings. The Morgan fingerprint density at radius 2 is 2.03 bits per heavy atom. The van der Waals surface area contributed by atoms with Gasteiger partial charge in [0.15, 0.2) is 17.6 Å². The van der Waals surface area contributed by atoms with E-state index in [4.69, 9.17) is 25.8 Å². The molecule has 1 aliphatic rings. The van der Waals surface area contributed by atoms with Crippen LogP contribution in [-0.4, -0.2) is 65.3 Å². The average Bonchev–Trinajstić information content (AvgIpc) is 2.67. The molecule has 0 radical (unpaired) electrons. The summed E-state index contributed by atoms with van der Waals surface area (Å²) >= 11 is 5.51. The van der Waals surface area contributed by atoms with Crippen LogP contribution in [0.5, 0.6) is 5.75 Å². The molecule has 2 heterocycles. The van der Waals surface area contributed by atoms with Gasteiger partial charge in [-0.15, -0.1) is 0 Å². The maximum atomic E-state index is 13.4. The Hall–Kier alpha value is -2.62. The minimum Gasteiger partial charge on any atom is -0.482 e. The fourth-order valence-electron chi connectivity index (χ4n) is 3.00. The minimum absolute atomic E-state index is 0.0541. The first-order valence-electron chi connectivity index (χ1n) is 9.89. The van der Waals surface area contributed by atoms with Crippen molar-refractivity contribution in [2.24, 2.45) is 0 Å². The smallest absolute Gasteiger partial charge is 0.411 e. The molecule has 1 aliphatic heterocycles. The third-order valence-corrected chi connectivity index (χ3v) is 4.55. The number of esters is 1. The van der Waals surface area contributed by atoms with E-state index < -0.39 is 41.5 Å². The molecule has 1 aromatic rings. The van der Waals surface area contributed by atoms with Crippen LogP contribution in [0.3, 0.4) is 0 Å². The van der Waals surface area contributed by atoms with E-state index in [2.05, 4.69) is 10.3 Å². The summed E-state index contributed by atoms with van der Waals surface area (Å²) in [5, 5.41) is 2.45. The lowest BCUT2D eigenvalue weighted by Gasteiger charge is -2.38. The third-order valence-electron chi connectivity index (χ3n) is 4.27. The van der Waals surface area contributed by atoms with Crippen molar-refractivity contribution in [1.82, 2.24) is 15.2 Å². The normalized spacial score (nSPS) is 18.8. The molecule has 2 rings (SSSR count). The summed E-state index contributed by atoms with van der Waals surface area (Å²) in [5.74, 6) is -1.69. The molecule has 0 saturated carbocycles. The van der Waals surface area contributed by atoms with Gasteiger partial charge < -0.3 is 19.5 Å². The van der Waals surface area contributed by atoms with Crippen LogP contribution in [0.1, 0.15) is 40.5 Å². The number of piperidine rings is 1. The van der Waals surface area contributed by atoms with Crippen molar-refractivity contribution in [3.05, 3.63) is 23.2 Å². The fraction of sp³-hybridized carbons (Fsp3) is 0.600. The quantitative estimate of drug-likeness (QED) is 0.514. The molecular weight excluding hydrogens is 433 g/mol. The molecule has 0 aliphatic carbocycles. The lowest BCUT2D eigenvalue weighted by atomic mass is 9.98. The summed E-state index contributed by atoms with van der Waals surface area (Å²) < 4.78 is 29.1. The number of amides is 2. The van der Waals surface area contributed by atoms with Gasteiger partial charge in [0.05, 0.1) is 12.8 Å². The second-order valence-corrected chi connectivity index (χ2v) is 8.33. The van der Waals surface area contributed by atoms with Gasteiger partial charge in [-0.25, -0.2) is 19.0 Å². The number of likely N-dealkylation sites (tertiary alicyclic amines) is 1. The first-order chi connectivity index (χ1) is 14.5. The predicted molar refractivity (Wildman–Crippen MR) is 109 cm³/mol. The molecule has 1 N–H and O–H groups in total. The monoisotopic (exact) mass is 459 g/mol. The Bertz CT molecular complexity index is 817. The van der Waals surface area contributed by atoms with Crippen molar-refractivity contribution in [2.75, 3.05) is 19.8 Å². The number of hydrogen-bond acceptors (Lipinski definition) is 7. The van der Waals surface area contributed by atoms with E-state index >= 15 is 0 Å². The van der Waals surface area contributed by atoms with Gasteiger partial charge in [0, 0.05) is 18.7 Å². The summed E-state index contributed by atoms with van der Waals surface area (Å²) in [6, 6.07) is -0.186. The van der Waals surface area contributed by atoms with Crippen molar-refractivity contribution in [3.8, 4) is 5.75 Å². The SMILES string of the molecule is CCOC(=O)[C@H]1CC[C@H](NC(=O)COc2cnc(Cl)c(F)c2)CN1C(=O)OC(C)(C)C. The highest BCUT2D eigenvalue weighted by Gasteiger charge is 2.39. The highest BCUT2D eigenvalue weighted by molar-refractivity contribution is 6.29. The van der Waals surface area contributed by atoms with Crippen molar-refractivity contribution in [1.29, 1.82) is 0 Å². The minimum atomic E-state index is -0.790. The van der Waals surface area contributed by atoms with Crippen LogP contribution in [0.15, 0.2) is 12.3 Å². The van der Waals surface area contributed by atoms with Gasteiger partial charge in [-0.1, -0.05) is 11.6 Å². The van der Waals surface area contributed by atoms with Crippen molar-refractivity contribution in [2.45, 2.75) is 58.2 Å². The Kier molecular flexibility index (Phi) is 8.43. The van der Waals surface area contributed by atoms with E-state index in [9.17, 15) is 18.8 Å². The summed E-state index contributed by atoms with van der Waals surface area (Å²) in [7, 11) is 0. The number of pyridine rings is 1. The molecule has 1 saturated heterocycles. The Balaban J connectivity index is 1.98. The van der Waals surface area contributed by atoms with E-state index in [0.717, 1.165) is 6.07 Å². The largest absolute Gasteiger partial charge is 0.482 e. The van der Waals surface area contributed by atoms with Crippen LogP contribution < -0.4 is 10.1 Å². The number of hydrogen-bond donors (Lipinski definition) is 1. The molecular formula is C20H27ClFN3O6. The van der Waals surface area contributed by atoms with E-state index in [1.54, 1.807) is 27.7 Å². The first kappa shape index (κ1) is 24.6. The van der Waals surface area contributed by atoms with Crippen LogP contribution in [0.2, 0.25) is 5.15 Å². The Labute approximate surface area is 185 Å². The van der Waals surface area contributed by atoms with Crippen LogP contribution in [0, 0.1) is 5.82 Å². The highest BCUT2D eigenvalue weighted by Crippen LogP contribution is 2.22. The Morgan fingerprint density at radius 3 is 2.65 bits per heavy atom. The summed E-state index contributed by atoms with van der Waals surface area (Å²) in [6.45, 7) is 6.73. The zero-order chi connectivity index (χ0) is 23.2. The second-order valence-electron chi connectivity index (χ2n) is 7.97. The number of ether oxygens (including phenoxy) is 3. The van der Waals surface area contributed by atoms with Gasteiger partial charge in [-0.05, 0) is 40.5 Å².